The molecule has 0 bridgehead atoms. The van der Waals surface area contributed by atoms with Crippen molar-refractivity contribution in [2.24, 2.45) is 0 Å². The second kappa shape index (κ2) is 4.98. The van der Waals surface area contributed by atoms with Crippen molar-refractivity contribution in [3.8, 4) is 5.75 Å². The third-order valence-corrected chi connectivity index (χ3v) is 3.43. The van der Waals surface area contributed by atoms with E-state index in [1.54, 1.807) is 7.11 Å². The van der Waals surface area contributed by atoms with Crippen LogP contribution in [0.25, 0.3) is 5.65 Å². The van der Waals surface area contributed by atoms with Gasteiger partial charge in [-0.3, -0.25) is 0 Å². The number of fused-ring (bicyclic) bond motifs is 1. The van der Waals surface area contributed by atoms with Crippen LogP contribution in [-0.4, -0.2) is 21.6 Å². The Balaban J connectivity index is 2.01. The van der Waals surface area contributed by atoms with Gasteiger partial charge in [-0.05, 0) is 42.3 Å². The van der Waals surface area contributed by atoms with Crippen molar-refractivity contribution in [3.05, 3.63) is 65.6 Å². The second-order valence-corrected chi connectivity index (χ2v) is 4.76. The summed E-state index contributed by atoms with van der Waals surface area (Å²) in [5.74, 6) is 0.786. The number of aromatic nitrogens is 2. The maximum Gasteiger partial charge on any atom is 0.137 e. The van der Waals surface area contributed by atoms with E-state index in [2.05, 4.69) is 4.98 Å². The lowest BCUT2D eigenvalue weighted by Crippen LogP contribution is -2.02. The van der Waals surface area contributed by atoms with Crippen molar-refractivity contribution in [1.82, 2.24) is 9.38 Å². The van der Waals surface area contributed by atoms with Crippen molar-refractivity contribution in [1.29, 1.82) is 0 Å². The third-order valence-electron chi connectivity index (χ3n) is 3.43. The van der Waals surface area contributed by atoms with Gasteiger partial charge in [0, 0.05) is 12.4 Å². The lowest BCUT2D eigenvalue weighted by molar-refractivity contribution is 0.215. The number of pyridine rings is 1. The number of ether oxygens (including phenoxy) is 1. The summed E-state index contributed by atoms with van der Waals surface area (Å²) < 4.78 is 7.08. The van der Waals surface area contributed by atoms with E-state index in [1.807, 2.05) is 60.1 Å². The van der Waals surface area contributed by atoms with Gasteiger partial charge in [-0.2, -0.15) is 0 Å². The number of imidazole rings is 1. The molecular weight excluding hydrogens is 252 g/mol. The Morgan fingerprint density at radius 3 is 2.80 bits per heavy atom. The maximum absolute atomic E-state index is 10.5. The van der Waals surface area contributed by atoms with E-state index in [4.69, 9.17) is 4.74 Å². The minimum absolute atomic E-state index is 0.643. The summed E-state index contributed by atoms with van der Waals surface area (Å²) >= 11 is 0. The van der Waals surface area contributed by atoms with Crippen LogP contribution in [0, 0.1) is 6.92 Å². The van der Waals surface area contributed by atoms with Gasteiger partial charge < -0.3 is 14.2 Å². The standard InChI is InChI=1S/C16H16N2O2/c1-11-9-12(20-2)6-7-13(11)16(19)14-10-18-8-4-3-5-15(18)17-14/h3-10,16,19H,1-2H3. The molecule has 1 atom stereocenters. The molecule has 0 saturated carbocycles. The molecule has 0 aliphatic heterocycles. The number of hydrogen-bond acceptors (Lipinski definition) is 3. The first-order valence-electron chi connectivity index (χ1n) is 6.45. The molecule has 0 aliphatic carbocycles. The third kappa shape index (κ3) is 2.14. The smallest absolute Gasteiger partial charge is 0.137 e. The van der Waals surface area contributed by atoms with Crippen LogP contribution in [-0.2, 0) is 0 Å². The molecule has 1 N–H and O–H groups in total. The number of hydrogen-bond donors (Lipinski definition) is 1. The number of nitrogens with zero attached hydrogens (tertiary/aromatic N) is 2. The van der Waals surface area contributed by atoms with Crippen LogP contribution in [0.1, 0.15) is 22.9 Å². The van der Waals surface area contributed by atoms with Crippen LogP contribution < -0.4 is 4.74 Å². The van der Waals surface area contributed by atoms with Gasteiger partial charge in [-0.15, -0.1) is 0 Å². The molecule has 0 amide bonds. The molecule has 2 aromatic heterocycles. The van der Waals surface area contributed by atoms with E-state index in [1.165, 1.54) is 0 Å². The van der Waals surface area contributed by atoms with Crippen LogP contribution in [0.5, 0.6) is 5.75 Å². The molecule has 3 rings (SSSR count). The zero-order valence-electron chi connectivity index (χ0n) is 11.4. The zero-order chi connectivity index (χ0) is 14.1. The average Bonchev–Trinajstić information content (AvgIpc) is 2.90. The molecule has 0 fully saturated rings. The van der Waals surface area contributed by atoms with Gasteiger partial charge in [0.05, 0.1) is 12.8 Å². The fourth-order valence-corrected chi connectivity index (χ4v) is 2.33. The Hall–Kier alpha value is -2.33. The SMILES string of the molecule is COc1ccc(C(O)c2cn3ccccc3n2)c(C)c1. The molecule has 102 valence electrons. The highest BCUT2D eigenvalue weighted by Gasteiger charge is 2.16. The van der Waals surface area contributed by atoms with E-state index in [-0.39, 0.29) is 0 Å². The van der Waals surface area contributed by atoms with Crippen LogP contribution >= 0.6 is 0 Å². The summed E-state index contributed by atoms with van der Waals surface area (Å²) in [4.78, 5) is 4.45. The van der Waals surface area contributed by atoms with Crippen LogP contribution in [0.3, 0.4) is 0 Å². The number of benzene rings is 1. The summed E-state index contributed by atoms with van der Waals surface area (Å²) in [5, 5.41) is 10.5. The van der Waals surface area contributed by atoms with Crippen LogP contribution in [0.2, 0.25) is 0 Å². The predicted octanol–water partition coefficient (Wildman–Crippen LogP) is 2.73. The van der Waals surface area contributed by atoms with E-state index in [0.717, 1.165) is 22.5 Å². The van der Waals surface area contributed by atoms with Gasteiger partial charge >= 0.3 is 0 Å². The molecule has 1 unspecified atom stereocenters. The molecule has 0 saturated heterocycles. The summed E-state index contributed by atoms with van der Waals surface area (Å²) in [5.41, 5.74) is 3.29. The molecule has 20 heavy (non-hydrogen) atoms. The molecular formula is C16H16N2O2. The Morgan fingerprint density at radius 2 is 2.10 bits per heavy atom. The molecule has 0 spiro atoms. The number of methoxy groups -OCH3 is 1. The first kappa shape index (κ1) is 12.7. The van der Waals surface area contributed by atoms with Gasteiger partial charge in [0.25, 0.3) is 0 Å². The van der Waals surface area contributed by atoms with Crippen molar-refractivity contribution in [2.75, 3.05) is 7.11 Å². The van der Waals surface area contributed by atoms with Gasteiger partial charge in [-0.25, -0.2) is 4.98 Å². The van der Waals surface area contributed by atoms with Crippen LogP contribution in [0.4, 0.5) is 0 Å². The highest BCUT2D eigenvalue weighted by molar-refractivity contribution is 5.43. The number of rotatable bonds is 3. The molecule has 3 aromatic rings. The molecule has 2 heterocycles. The average molecular weight is 268 g/mol. The van der Waals surface area contributed by atoms with Gasteiger partial charge in [0.2, 0.25) is 0 Å². The fraction of sp³-hybridized carbons (Fsp3) is 0.188. The number of aryl methyl sites for hydroxylation is 1. The highest BCUT2D eigenvalue weighted by Crippen LogP contribution is 2.27. The highest BCUT2D eigenvalue weighted by atomic mass is 16.5. The quantitative estimate of drug-likeness (QED) is 0.794. The predicted molar refractivity (Wildman–Crippen MR) is 77.0 cm³/mol. The second-order valence-electron chi connectivity index (χ2n) is 4.76. The Morgan fingerprint density at radius 1 is 1.25 bits per heavy atom. The fourth-order valence-electron chi connectivity index (χ4n) is 2.33. The minimum atomic E-state index is -0.735. The number of aliphatic hydroxyl groups excluding tert-OH is 1. The topological polar surface area (TPSA) is 46.8 Å². The molecule has 0 radical (unpaired) electrons. The van der Waals surface area contributed by atoms with Crippen LogP contribution in [0.15, 0.2) is 48.8 Å². The summed E-state index contributed by atoms with van der Waals surface area (Å²) in [6.07, 6.45) is 3.03. The van der Waals surface area contributed by atoms with Gasteiger partial charge in [0.15, 0.2) is 0 Å². The lowest BCUT2D eigenvalue weighted by atomic mass is 10.0. The molecule has 1 aromatic carbocycles. The maximum atomic E-state index is 10.5. The normalized spacial score (nSPS) is 12.6. The first-order chi connectivity index (χ1) is 9.69. The van der Waals surface area contributed by atoms with E-state index in [9.17, 15) is 5.11 Å². The summed E-state index contributed by atoms with van der Waals surface area (Å²) in [6, 6.07) is 11.4. The van der Waals surface area contributed by atoms with Crippen molar-refractivity contribution < 1.29 is 9.84 Å². The summed E-state index contributed by atoms with van der Waals surface area (Å²) in [7, 11) is 1.63. The van der Waals surface area contributed by atoms with E-state index in [0.29, 0.717) is 5.69 Å². The Kier molecular flexibility index (Phi) is 3.16. The van der Waals surface area contributed by atoms with E-state index >= 15 is 0 Å². The van der Waals surface area contributed by atoms with Crippen molar-refractivity contribution >= 4 is 5.65 Å². The Bertz CT molecular complexity index is 716. The van der Waals surface area contributed by atoms with Gasteiger partial charge in [-0.1, -0.05) is 12.1 Å². The van der Waals surface area contributed by atoms with Crippen molar-refractivity contribution in [3.63, 3.8) is 0 Å². The van der Waals surface area contributed by atoms with Crippen molar-refractivity contribution in [2.45, 2.75) is 13.0 Å². The monoisotopic (exact) mass is 268 g/mol. The molecule has 4 nitrogen and oxygen atoms in total. The summed E-state index contributed by atoms with van der Waals surface area (Å²) in [6.45, 7) is 1.96. The first-order valence-corrected chi connectivity index (χ1v) is 6.45. The zero-order valence-corrected chi connectivity index (χ0v) is 11.4. The molecule has 0 aliphatic rings. The number of aliphatic hydroxyl groups is 1. The van der Waals surface area contributed by atoms with Gasteiger partial charge in [0.1, 0.15) is 17.5 Å². The molecule has 4 heteroatoms. The Labute approximate surface area is 117 Å². The minimum Gasteiger partial charge on any atom is -0.497 e. The van der Waals surface area contributed by atoms with E-state index < -0.39 is 6.10 Å². The lowest BCUT2D eigenvalue weighted by Gasteiger charge is -2.12. The largest absolute Gasteiger partial charge is 0.497 e.